The van der Waals surface area contributed by atoms with Crippen molar-refractivity contribution in [3.05, 3.63) is 41.7 Å². The van der Waals surface area contributed by atoms with Crippen LogP contribution >= 0.6 is 0 Å². The van der Waals surface area contributed by atoms with Crippen LogP contribution in [0.5, 0.6) is 5.75 Å². The van der Waals surface area contributed by atoms with Crippen molar-refractivity contribution in [1.29, 1.82) is 0 Å². The predicted molar refractivity (Wildman–Crippen MR) is 61.8 cm³/mol. The van der Waals surface area contributed by atoms with E-state index in [1.54, 1.807) is 0 Å². The van der Waals surface area contributed by atoms with E-state index in [4.69, 9.17) is 14.2 Å². The van der Waals surface area contributed by atoms with Crippen molar-refractivity contribution in [2.24, 2.45) is 0 Å². The molecule has 3 heteroatoms. The van der Waals surface area contributed by atoms with Crippen molar-refractivity contribution in [2.45, 2.75) is 24.5 Å². The van der Waals surface area contributed by atoms with Crippen LogP contribution in [0.15, 0.2) is 36.1 Å². The molecule has 2 unspecified atom stereocenters. The standard InChI is InChI=1S/C14H14O3/c1-2-5-12(16-9-10-8-15-10)11(4-1)14-7-3-6-13(14)17-14/h1-2,4-6,10H,3,7-9H2. The summed E-state index contributed by atoms with van der Waals surface area (Å²) in [4.78, 5) is 0. The fourth-order valence-electron chi connectivity index (χ4n) is 2.54. The lowest BCUT2D eigenvalue weighted by Gasteiger charge is -2.13. The van der Waals surface area contributed by atoms with Gasteiger partial charge >= 0.3 is 0 Å². The third-order valence-electron chi connectivity index (χ3n) is 3.62. The van der Waals surface area contributed by atoms with Crippen LogP contribution in [0.2, 0.25) is 0 Å². The molecule has 2 fully saturated rings. The summed E-state index contributed by atoms with van der Waals surface area (Å²) in [5, 5.41) is 0. The number of fused-ring (bicyclic) bond motifs is 1. The first-order valence-electron chi connectivity index (χ1n) is 6.12. The minimum atomic E-state index is -0.152. The summed E-state index contributed by atoms with van der Waals surface area (Å²) in [5.41, 5.74) is 1.02. The number of rotatable bonds is 4. The average molecular weight is 230 g/mol. The summed E-state index contributed by atoms with van der Waals surface area (Å²) in [6, 6.07) is 8.17. The normalized spacial score (nSPS) is 32.5. The SMILES string of the molecule is C1=C2OC2(c2ccccc2OCC2CO2)CC1. The van der Waals surface area contributed by atoms with E-state index >= 15 is 0 Å². The molecule has 0 N–H and O–H groups in total. The van der Waals surface area contributed by atoms with E-state index in [9.17, 15) is 0 Å². The van der Waals surface area contributed by atoms with E-state index in [1.165, 1.54) is 5.56 Å². The van der Waals surface area contributed by atoms with Crippen LogP contribution in [0.3, 0.4) is 0 Å². The number of benzene rings is 1. The Hall–Kier alpha value is -1.48. The lowest BCUT2D eigenvalue weighted by Crippen LogP contribution is -2.11. The molecule has 17 heavy (non-hydrogen) atoms. The topological polar surface area (TPSA) is 34.3 Å². The van der Waals surface area contributed by atoms with Crippen molar-refractivity contribution in [2.75, 3.05) is 13.2 Å². The van der Waals surface area contributed by atoms with Crippen LogP contribution in [0.1, 0.15) is 18.4 Å². The summed E-state index contributed by atoms with van der Waals surface area (Å²) in [6.45, 7) is 1.47. The van der Waals surface area contributed by atoms with Gasteiger partial charge in [-0.1, -0.05) is 18.2 Å². The molecule has 4 rings (SSSR count). The van der Waals surface area contributed by atoms with Crippen molar-refractivity contribution >= 4 is 0 Å². The molecule has 0 radical (unpaired) electrons. The third kappa shape index (κ3) is 1.46. The first-order chi connectivity index (χ1) is 8.38. The molecule has 2 saturated heterocycles. The molecule has 0 amide bonds. The first kappa shape index (κ1) is 9.54. The molecule has 88 valence electrons. The van der Waals surface area contributed by atoms with Gasteiger partial charge in [0, 0.05) is 12.0 Å². The van der Waals surface area contributed by atoms with E-state index in [0.29, 0.717) is 12.7 Å². The summed E-state index contributed by atoms with van der Waals surface area (Å²) in [5.74, 6) is 2.06. The maximum atomic E-state index is 5.83. The van der Waals surface area contributed by atoms with Crippen LogP contribution in [-0.4, -0.2) is 19.3 Å². The second-order valence-corrected chi connectivity index (χ2v) is 4.80. The lowest BCUT2D eigenvalue weighted by molar-refractivity contribution is 0.245. The zero-order chi connectivity index (χ0) is 11.3. The van der Waals surface area contributed by atoms with Gasteiger partial charge in [-0.2, -0.15) is 0 Å². The largest absolute Gasteiger partial charge is 0.490 e. The van der Waals surface area contributed by atoms with Crippen LogP contribution in [0.4, 0.5) is 0 Å². The second-order valence-electron chi connectivity index (χ2n) is 4.80. The Balaban J connectivity index is 1.63. The third-order valence-corrected chi connectivity index (χ3v) is 3.62. The van der Waals surface area contributed by atoms with Gasteiger partial charge in [-0.25, -0.2) is 0 Å². The van der Waals surface area contributed by atoms with Crippen molar-refractivity contribution in [3.63, 3.8) is 0 Å². The summed E-state index contributed by atoms with van der Waals surface area (Å²) in [6.07, 6.45) is 4.62. The molecule has 1 aromatic carbocycles. The molecule has 0 aromatic heterocycles. The first-order valence-corrected chi connectivity index (χ1v) is 6.12. The van der Waals surface area contributed by atoms with Crippen LogP contribution in [0, 0.1) is 0 Å². The molecule has 2 aliphatic heterocycles. The Bertz CT molecular complexity index is 490. The van der Waals surface area contributed by atoms with Crippen molar-refractivity contribution in [3.8, 4) is 5.75 Å². The maximum Gasteiger partial charge on any atom is 0.194 e. The summed E-state index contributed by atoms with van der Waals surface area (Å²) in [7, 11) is 0. The highest BCUT2D eigenvalue weighted by Crippen LogP contribution is 2.59. The molecule has 0 bridgehead atoms. The molecular formula is C14H14O3. The molecule has 1 aromatic rings. The van der Waals surface area contributed by atoms with Gasteiger partial charge in [0.2, 0.25) is 0 Å². The number of allylic oxidation sites excluding steroid dienone is 1. The smallest absolute Gasteiger partial charge is 0.194 e. The highest BCUT2D eigenvalue weighted by molar-refractivity contribution is 5.49. The van der Waals surface area contributed by atoms with Crippen LogP contribution in [0.25, 0.3) is 0 Å². The van der Waals surface area contributed by atoms with Crippen molar-refractivity contribution < 1.29 is 14.2 Å². The minimum absolute atomic E-state index is 0.152. The highest BCUT2D eigenvalue weighted by atomic mass is 16.6. The number of para-hydroxylation sites is 1. The average Bonchev–Trinajstić information content (AvgIpc) is 3.28. The molecule has 1 aliphatic carbocycles. The zero-order valence-corrected chi connectivity index (χ0v) is 9.52. The Morgan fingerprint density at radius 1 is 1.35 bits per heavy atom. The molecule has 0 spiro atoms. The zero-order valence-electron chi connectivity index (χ0n) is 9.52. The van der Waals surface area contributed by atoms with Gasteiger partial charge < -0.3 is 14.2 Å². The molecule has 3 aliphatic rings. The minimum Gasteiger partial charge on any atom is -0.490 e. The number of hydrogen-bond acceptors (Lipinski definition) is 3. The summed E-state index contributed by atoms with van der Waals surface area (Å²) < 4.78 is 16.7. The monoisotopic (exact) mass is 230 g/mol. The van der Waals surface area contributed by atoms with Gasteiger partial charge in [-0.05, 0) is 18.6 Å². The Morgan fingerprint density at radius 3 is 2.94 bits per heavy atom. The van der Waals surface area contributed by atoms with E-state index < -0.39 is 0 Å². The maximum absolute atomic E-state index is 5.83. The van der Waals surface area contributed by atoms with Crippen LogP contribution in [-0.2, 0) is 15.1 Å². The van der Waals surface area contributed by atoms with Gasteiger partial charge in [-0.15, -0.1) is 0 Å². The number of epoxide rings is 2. The Kier molecular flexibility index (Phi) is 1.83. The molecule has 2 atom stereocenters. The predicted octanol–water partition coefficient (Wildman–Crippen LogP) is 2.37. The van der Waals surface area contributed by atoms with E-state index in [-0.39, 0.29) is 5.60 Å². The lowest BCUT2D eigenvalue weighted by atomic mass is 9.96. The number of ether oxygens (including phenoxy) is 3. The Morgan fingerprint density at radius 2 is 2.24 bits per heavy atom. The highest BCUT2D eigenvalue weighted by Gasteiger charge is 2.57. The molecule has 0 saturated carbocycles. The fraction of sp³-hybridized carbons (Fsp3) is 0.429. The molecular weight excluding hydrogens is 216 g/mol. The van der Waals surface area contributed by atoms with E-state index in [0.717, 1.165) is 31.0 Å². The quantitative estimate of drug-likeness (QED) is 0.745. The second kappa shape index (κ2) is 3.26. The van der Waals surface area contributed by atoms with Gasteiger partial charge in [0.25, 0.3) is 0 Å². The Labute approximate surface area is 100.0 Å². The van der Waals surface area contributed by atoms with E-state index in [1.807, 2.05) is 18.2 Å². The van der Waals surface area contributed by atoms with Gasteiger partial charge in [0.15, 0.2) is 5.60 Å². The van der Waals surface area contributed by atoms with Gasteiger partial charge in [0.1, 0.15) is 24.2 Å². The number of hydrogen-bond donors (Lipinski definition) is 0. The van der Waals surface area contributed by atoms with E-state index in [2.05, 4.69) is 12.1 Å². The fourth-order valence-corrected chi connectivity index (χ4v) is 2.54. The van der Waals surface area contributed by atoms with Gasteiger partial charge in [-0.3, -0.25) is 0 Å². The van der Waals surface area contributed by atoms with Crippen LogP contribution < -0.4 is 4.74 Å². The molecule has 2 heterocycles. The molecule has 3 nitrogen and oxygen atoms in total. The summed E-state index contributed by atoms with van der Waals surface area (Å²) >= 11 is 0. The van der Waals surface area contributed by atoms with Crippen molar-refractivity contribution in [1.82, 2.24) is 0 Å². The van der Waals surface area contributed by atoms with Gasteiger partial charge in [0.05, 0.1) is 6.61 Å².